The second-order valence-electron chi connectivity index (χ2n) is 6.54. The van der Waals surface area contributed by atoms with Crippen molar-refractivity contribution >= 4 is 6.09 Å². The van der Waals surface area contributed by atoms with Crippen LogP contribution in [0.3, 0.4) is 0 Å². The van der Waals surface area contributed by atoms with E-state index >= 15 is 0 Å². The van der Waals surface area contributed by atoms with E-state index in [0.717, 1.165) is 19.5 Å². The molecule has 0 atom stereocenters. The molecule has 0 spiro atoms. The Bertz CT molecular complexity index is 472. The number of carbonyl (C=O) groups is 1. The van der Waals surface area contributed by atoms with E-state index in [-0.39, 0.29) is 6.09 Å². The molecule has 1 amide bonds. The maximum Gasteiger partial charge on any atom is 0.410 e. The highest BCUT2D eigenvalue weighted by molar-refractivity contribution is 5.69. The van der Waals surface area contributed by atoms with Crippen LogP contribution in [0.1, 0.15) is 39.8 Å². The van der Waals surface area contributed by atoms with Gasteiger partial charge in [0.1, 0.15) is 5.60 Å². The molecular weight excluding hydrogens is 268 g/mol. The van der Waals surface area contributed by atoms with E-state index in [1.807, 2.05) is 33.3 Å². The first-order chi connectivity index (χ1) is 9.89. The van der Waals surface area contributed by atoms with Crippen molar-refractivity contribution in [3.8, 4) is 0 Å². The largest absolute Gasteiger partial charge is 0.444 e. The predicted molar refractivity (Wildman–Crippen MR) is 81.0 cm³/mol. The molecule has 0 aliphatic carbocycles. The summed E-state index contributed by atoms with van der Waals surface area (Å²) < 4.78 is 7.50. The number of ether oxygens (including phenoxy) is 1. The second-order valence-corrected chi connectivity index (χ2v) is 6.54. The maximum atomic E-state index is 11.8. The van der Waals surface area contributed by atoms with Crippen molar-refractivity contribution in [2.45, 2.75) is 58.8 Å². The summed E-state index contributed by atoms with van der Waals surface area (Å²) in [6.07, 6.45) is 4.64. The highest BCUT2D eigenvalue weighted by Crippen LogP contribution is 2.15. The number of likely N-dealkylation sites (tertiary alicyclic amines) is 1. The number of aryl methyl sites for hydroxylation is 1. The standard InChI is InChI=1S/C15H26N4O2/c1-5-6-18-11-16-7-13(18)8-17-12-9-19(10-12)14(20)21-15(2,3)4/h7,11-12,17H,5-6,8-10H2,1-4H3. The zero-order valence-corrected chi connectivity index (χ0v) is 13.4. The Balaban J connectivity index is 1.71. The van der Waals surface area contributed by atoms with Crippen LogP contribution in [0.5, 0.6) is 0 Å². The first-order valence-corrected chi connectivity index (χ1v) is 7.59. The van der Waals surface area contributed by atoms with E-state index in [0.29, 0.717) is 19.1 Å². The van der Waals surface area contributed by atoms with Crippen LogP contribution in [-0.2, 0) is 17.8 Å². The van der Waals surface area contributed by atoms with E-state index in [9.17, 15) is 4.79 Å². The molecule has 6 nitrogen and oxygen atoms in total. The summed E-state index contributed by atoms with van der Waals surface area (Å²) in [5.41, 5.74) is 0.759. The van der Waals surface area contributed by atoms with Gasteiger partial charge in [-0.2, -0.15) is 0 Å². The van der Waals surface area contributed by atoms with Crippen LogP contribution in [0, 0.1) is 0 Å². The van der Waals surface area contributed by atoms with Crippen molar-refractivity contribution < 1.29 is 9.53 Å². The minimum absolute atomic E-state index is 0.225. The van der Waals surface area contributed by atoms with Gasteiger partial charge in [0.15, 0.2) is 0 Å². The lowest BCUT2D eigenvalue weighted by molar-refractivity contribution is 0.00513. The van der Waals surface area contributed by atoms with E-state index in [4.69, 9.17) is 4.74 Å². The van der Waals surface area contributed by atoms with Crippen molar-refractivity contribution in [3.05, 3.63) is 18.2 Å². The molecule has 1 fully saturated rings. The van der Waals surface area contributed by atoms with Crippen LogP contribution in [0.15, 0.2) is 12.5 Å². The number of amides is 1. The van der Waals surface area contributed by atoms with Crippen LogP contribution in [-0.4, -0.2) is 45.3 Å². The van der Waals surface area contributed by atoms with Crippen molar-refractivity contribution in [1.29, 1.82) is 0 Å². The Hall–Kier alpha value is -1.56. The summed E-state index contributed by atoms with van der Waals surface area (Å²) >= 11 is 0. The fourth-order valence-electron chi connectivity index (χ4n) is 2.27. The minimum Gasteiger partial charge on any atom is -0.444 e. The second kappa shape index (κ2) is 6.47. The van der Waals surface area contributed by atoms with Gasteiger partial charge < -0.3 is 19.5 Å². The van der Waals surface area contributed by atoms with Crippen molar-refractivity contribution in [3.63, 3.8) is 0 Å². The SMILES string of the molecule is CCCn1cncc1CNC1CN(C(=O)OC(C)(C)C)C1. The van der Waals surface area contributed by atoms with Crippen LogP contribution in [0.2, 0.25) is 0 Å². The molecule has 1 aliphatic rings. The minimum atomic E-state index is -0.428. The van der Waals surface area contributed by atoms with Gasteiger partial charge in [-0.1, -0.05) is 6.92 Å². The summed E-state index contributed by atoms with van der Waals surface area (Å²) in [7, 11) is 0. The molecule has 0 saturated carbocycles. The zero-order chi connectivity index (χ0) is 15.5. The van der Waals surface area contributed by atoms with Crippen molar-refractivity contribution in [2.75, 3.05) is 13.1 Å². The summed E-state index contributed by atoms with van der Waals surface area (Å²) in [6, 6.07) is 0.336. The van der Waals surface area contributed by atoms with Crippen LogP contribution in [0.25, 0.3) is 0 Å². The monoisotopic (exact) mass is 294 g/mol. The van der Waals surface area contributed by atoms with Crippen LogP contribution < -0.4 is 5.32 Å². The Morgan fingerprint density at radius 1 is 1.48 bits per heavy atom. The maximum absolute atomic E-state index is 11.8. The molecule has 6 heteroatoms. The average molecular weight is 294 g/mol. The van der Waals surface area contributed by atoms with E-state index in [1.165, 1.54) is 5.69 Å². The van der Waals surface area contributed by atoms with Crippen LogP contribution >= 0.6 is 0 Å². The number of carbonyl (C=O) groups excluding carboxylic acids is 1. The zero-order valence-electron chi connectivity index (χ0n) is 13.4. The normalized spacial score (nSPS) is 15.9. The highest BCUT2D eigenvalue weighted by Gasteiger charge is 2.33. The Kier molecular flexibility index (Phi) is 4.88. The van der Waals surface area contributed by atoms with Gasteiger partial charge in [0.2, 0.25) is 0 Å². The van der Waals surface area contributed by atoms with Crippen molar-refractivity contribution in [2.24, 2.45) is 0 Å². The lowest BCUT2D eigenvalue weighted by Gasteiger charge is -2.40. The fraction of sp³-hybridized carbons (Fsp3) is 0.733. The average Bonchev–Trinajstić information content (AvgIpc) is 2.72. The smallest absolute Gasteiger partial charge is 0.410 e. The number of hydrogen-bond donors (Lipinski definition) is 1. The topological polar surface area (TPSA) is 59.4 Å². The highest BCUT2D eigenvalue weighted by atomic mass is 16.6. The number of hydrogen-bond acceptors (Lipinski definition) is 4. The van der Waals surface area contributed by atoms with Crippen LogP contribution in [0.4, 0.5) is 4.79 Å². The lowest BCUT2D eigenvalue weighted by atomic mass is 10.1. The fourth-order valence-corrected chi connectivity index (χ4v) is 2.27. The summed E-state index contributed by atoms with van der Waals surface area (Å²) in [5, 5.41) is 3.46. The number of aromatic nitrogens is 2. The Morgan fingerprint density at radius 3 is 2.81 bits per heavy atom. The van der Waals surface area contributed by atoms with E-state index < -0.39 is 5.60 Å². The molecule has 0 aromatic carbocycles. The van der Waals surface area contributed by atoms with E-state index in [1.54, 1.807) is 4.90 Å². The van der Waals surface area contributed by atoms with Gasteiger partial charge in [-0.15, -0.1) is 0 Å². The van der Waals surface area contributed by atoms with Gasteiger partial charge in [-0.3, -0.25) is 0 Å². The third-order valence-corrected chi connectivity index (χ3v) is 3.37. The lowest BCUT2D eigenvalue weighted by Crippen LogP contribution is -2.60. The third-order valence-electron chi connectivity index (χ3n) is 3.37. The van der Waals surface area contributed by atoms with E-state index in [2.05, 4.69) is 21.8 Å². The van der Waals surface area contributed by atoms with Gasteiger partial charge >= 0.3 is 6.09 Å². The molecular formula is C15H26N4O2. The van der Waals surface area contributed by atoms with Crippen molar-refractivity contribution in [1.82, 2.24) is 19.8 Å². The number of nitrogens with one attached hydrogen (secondary N) is 1. The third kappa shape index (κ3) is 4.46. The molecule has 1 aromatic heterocycles. The van der Waals surface area contributed by atoms with Gasteiger partial charge in [0.05, 0.1) is 12.0 Å². The molecule has 0 bridgehead atoms. The summed E-state index contributed by atoms with van der Waals surface area (Å²) in [6.45, 7) is 11.0. The van der Waals surface area contributed by atoms with Gasteiger partial charge in [0, 0.05) is 38.4 Å². The Labute approximate surface area is 126 Å². The molecule has 21 heavy (non-hydrogen) atoms. The molecule has 2 rings (SSSR count). The molecule has 118 valence electrons. The molecule has 1 aromatic rings. The molecule has 1 saturated heterocycles. The number of imidazole rings is 1. The molecule has 1 N–H and O–H groups in total. The first kappa shape index (κ1) is 15.8. The Morgan fingerprint density at radius 2 is 2.19 bits per heavy atom. The predicted octanol–water partition coefficient (Wildman–Crippen LogP) is 2.00. The summed E-state index contributed by atoms with van der Waals surface area (Å²) in [4.78, 5) is 17.7. The number of rotatable bonds is 5. The molecule has 2 heterocycles. The summed E-state index contributed by atoms with van der Waals surface area (Å²) in [5.74, 6) is 0. The van der Waals surface area contributed by atoms with Gasteiger partial charge in [-0.25, -0.2) is 9.78 Å². The first-order valence-electron chi connectivity index (χ1n) is 7.59. The quantitative estimate of drug-likeness (QED) is 0.902. The van der Waals surface area contributed by atoms with Gasteiger partial charge in [-0.05, 0) is 27.2 Å². The molecule has 0 unspecified atom stereocenters. The van der Waals surface area contributed by atoms with Gasteiger partial charge in [0.25, 0.3) is 0 Å². The molecule has 0 radical (unpaired) electrons. The molecule has 1 aliphatic heterocycles. The number of nitrogens with zero attached hydrogens (tertiary/aromatic N) is 3.